The van der Waals surface area contributed by atoms with Crippen molar-refractivity contribution in [2.45, 2.75) is 32.1 Å². The van der Waals surface area contributed by atoms with Crippen LogP contribution in [0.15, 0.2) is 24.5 Å². The van der Waals surface area contributed by atoms with Crippen molar-refractivity contribution >= 4 is 11.6 Å². The largest absolute Gasteiger partial charge is 0.480 e. The van der Waals surface area contributed by atoms with Gasteiger partial charge in [-0.05, 0) is 25.5 Å². The third-order valence-corrected chi connectivity index (χ3v) is 3.27. The molecule has 2 aromatic heterocycles. The van der Waals surface area contributed by atoms with Crippen LogP contribution in [0.2, 0.25) is 0 Å². The van der Waals surface area contributed by atoms with Crippen molar-refractivity contribution in [1.82, 2.24) is 14.7 Å². The number of aryl methyl sites for hydroxylation is 1. The molecular weight excluding hydrogens is 287 g/mol. The number of pyridine rings is 1. The minimum atomic E-state index is -4.91. The number of carbonyl (C=O) groups is 1. The van der Waals surface area contributed by atoms with Crippen LogP contribution < -0.4 is 5.32 Å². The maximum Gasteiger partial charge on any atom is 0.417 e. The summed E-state index contributed by atoms with van der Waals surface area (Å²) in [6.45, 7) is 2.17. The Hall–Kier alpha value is -2.09. The molecule has 0 fully saturated rings. The Morgan fingerprint density at radius 3 is 2.62 bits per heavy atom. The zero-order valence-electron chi connectivity index (χ0n) is 11.4. The van der Waals surface area contributed by atoms with Gasteiger partial charge in [0, 0.05) is 18.9 Å². The van der Waals surface area contributed by atoms with Crippen LogP contribution in [0.3, 0.4) is 0 Å². The Balaban J connectivity index is 2.22. The molecule has 1 unspecified atom stereocenters. The topological polar surface area (TPSA) is 66.6 Å². The number of hydrogen-bond donors (Lipinski definition) is 2. The molecule has 114 valence electrons. The first-order valence-electron chi connectivity index (χ1n) is 6.13. The van der Waals surface area contributed by atoms with Crippen molar-refractivity contribution in [1.29, 1.82) is 0 Å². The second-order valence-corrected chi connectivity index (χ2v) is 4.99. The van der Waals surface area contributed by atoms with E-state index in [2.05, 4.69) is 4.98 Å². The molecule has 2 heterocycles. The minimum absolute atomic E-state index is 0.303. The first-order chi connectivity index (χ1) is 9.63. The summed E-state index contributed by atoms with van der Waals surface area (Å²) in [5.74, 6) is -1.98. The fourth-order valence-corrected chi connectivity index (χ4v) is 1.81. The molecule has 0 saturated carbocycles. The number of rotatable bonds is 4. The predicted octanol–water partition coefficient (Wildman–Crippen LogP) is 2.14. The van der Waals surface area contributed by atoms with E-state index in [4.69, 9.17) is 5.11 Å². The van der Waals surface area contributed by atoms with E-state index >= 15 is 0 Å². The molecular formula is C13H14F3N3O2. The number of aliphatic carboxylic acids is 1. The Kier molecular flexibility index (Phi) is 3.66. The molecule has 0 aliphatic heterocycles. The number of hydrogen-bond acceptors (Lipinski definition) is 3. The quantitative estimate of drug-likeness (QED) is 0.908. The van der Waals surface area contributed by atoms with Gasteiger partial charge in [-0.1, -0.05) is 6.07 Å². The van der Waals surface area contributed by atoms with E-state index in [0.29, 0.717) is 18.3 Å². The highest BCUT2D eigenvalue weighted by Gasteiger charge is 2.57. The number of halogens is 3. The lowest BCUT2D eigenvalue weighted by Crippen LogP contribution is -2.59. The second-order valence-electron chi connectivity index (χ2n) is 4.99. The second kappa shape index (κ2) is 5.03. The Morgan fingerprint density at radius 2 is 2.05 bits per heavy atom. The van der Waals surface area contributed by atoms with Gasteiger partial charge in [0.25, 0.3) is 0 Å². The van der Waals surface area contributed by atoms with Gasteiger partial charge in [-0.15, -0.1) is 0 Å². The minimum Gasteiger partial charge on any atom is -0.480 e. The maximum atomic E-state index is 12.8. The first kappa shape index (κ1) is 15.3. The number of alkyl halides is 3. The lowest BCUT2D eigenvalue weighted by Gasteiger charge is -2.28. The van der Waals surface area contributed by atoms with Crippen molar-refractivity contribution in [2.75, 3.05) is 0 Å². The van der Waals surface area contributed by atoms with Gasteiger partial charge in [-0.3, -0.25) is 5.32 Å². The number of aromatic nitrogens is 2. The molecule has 2 aromatic rings. The van der Waals surface area contributed by atoms with E-state index in [1.54, 1.807) is 22.9 Å². The van der Waals surface area contributed by atoms with Crippen LogP contribution in [-0.2, 0) is 11.3 Å². The third kappa shape index (κ3) is 2.85. The molecule has 0 bridgehead atoms. The highest BCUT2D eigenvalue weighted by atomic mass is 19.4. The standard InChI is InChI=1S/C13H14F3N3O2/c1-8-3-4-10-18-9(7-19(10)6-8)5-17-12(2,11(20)21)13(14,15)16/h3-4,6-7,17H,5H2,1-2H3,(H,20,21). The van der Waals surface area contributed by atoms with Crippen LogP contribution in [0.25, 0.3) is 5.65 Å². The predicted molar refractivity (Wildman–Crippen MR) is 68.9 cm³/mol. The van der Waals surface area contributed by atoms with E-state index in [0.717, 1.165) is 5.56 Å². The summed E-state index contributed by atoms with van der Waals surface area (Å²) >= 11 is 0. The Labute approximate surface area is 118 Å². The van der Waals surface area contributed by atoms with E-state index in [1.807, 2.05) is 18.3 Å². The lowest BCUT2D eigenvalue weighted by atomic mass is 10.0. The number of nitrogens with zero attached hydrogens (tertiary/aromatic N) is 2. The van der Waals surface area contributed by atoms with Gasteiger partial charge in [0.05, 0.1) is 5.69 Å². The average Bonchev–Trinajstić information content (AvgIpc) is 2.76. The molecule has 0 spiro atoms. The molecule has 2 rings (SSSR count). The van der Waals surface area contributed by atoms with Crippen molar-refractivity contribution in [3.05, 3.63) is 35.8 Å². The van der Waals surface area contributed by atoms with Gasteiger partial charge in [0.15, 0.2) is 0 Å². The highest BCUT2D eigenvalue weighted by molar-refractivity contribution is 5.79. The average molecular weight is 301 g/mol. The van der Waals surface area contributed by atoms with Crippen molar-refractivity contribution in [3.8, 4) is 0 Å². The fourth-order valence-electron chi connectivity index (χ4n) is 1.81. The van der Waals surface area contributed by atoms with E-state index in [-0.39, 0.29) is 6.54 Å². The van der Waals surface area contributed by atoms with Gasteiger partial charge >= 0.3 is 12.1 Å². The van der Waals surface area contributed by atoms with Crippen LogP contribution in [-0.4, -0.2) is 32.2 Å². The van der Waals surface area contributed by atoms with Crippen LogP contribution >= 0.6 is 0 Å². The lowest BCUT2D eigenvalue weighted by molar-refractivity contribution is -0.206. The van der Waals surface area contributed by atoms with Gasteiger partial charge in [0.1, 0.15) is 5.65 Å². The van der Waals surface area contributed by atoms with Crippen LogP contribution in [0.5, 0.6) is 0 Å². The molecule has 0 aromatic carbocycles. The summed E-state index contributed by atoms with van der Waals surface area (Å²) in [7, 11) is 0. The van der Waals surface area contributed by atoms with Crippen LogP contribution in [0.1, 0.15) is 18.2 Å². The van der Waals surface area contributed by atoms with Crippen LogP contribution in [0, 0.1) is 6.92 Å². The monoisotopic (exact) mass is 301 g/mol. The molecule has 8 heteroatoms. The summed E-state index contributed by atoms with van der Waals surface area (Å²) < 4.78 is 40.2. The number of fused-ring (bicyclic) bond motifs is 1. The molecule has 0 aliphatic carbocycles. The van der Waals surface area contributed by atoms with Crippen molar-refractivity contribution in [2.24, 2.45) is 0 Å². The summed E-state index contributed by atoms with van der Waals surface area (Å²) in [5.41, 5.74) is -1.12. The molecule has 5 nitrogen and oxygen atoms in total. The smallest absolute Gasteiger partial charge is 0.417 e. The van der Waals surface area contributed by atoms with Gasteiger partial charge in [-0.2, -0.15) is 13.2 Å². The molecule has 0 saturated heterocycles. The molecule has 2 N–H and O–H groups in total. The summed E-state index contributed by atoms with van der Waals surface area (Å²) in [6.07, 6.45) is -1.56. The summed E-state index contributed by atoms with van der Waals surface area (Å²) in [4.78, 5) is 15.0. The fraction of sp³-hybridized carbons (Fsp3) is 0.385. The first-order valence-corrected chi connectivity index (χ1v) is 6.13. The molecule has 0 radical (unpaired) electrons. The van der Waals surface area contributed by atoms with Crippen LogP contribution in [0.4, 0.5) is 13.2 Å². The zero-order valence-corrected chi connectivity index (χ0v) is 11.4. The number of carboxylic acids is 1. The number of imidazole rings is 1. The van der Waals surface area contributed by atoms with Crippen molar-refractivity contribution in [3.63, 3.8) is 0 Å². The SMILES string of the molecule is Cc1ccc2nc(CNC(C)(C(=O)O)C(F)(F)F)cn2c1. The molecule has 1 atom stereocenters. The van der Waals surface area contributed by atoms with Gasteiger partial charge in [0.2, 0.25) is 5.54 Å². The highest BCUT2D eigenvalue weighted by Crippen LogP contribution is 2.30. The number of nitrogens with one attached hydrogen (secondary N) is 1. The number of carboxylic acid groups (broad SMARTS) is 1. The van der Waals surface area contributed by atoms with Gasteiger partial charge in [-0.25, -0.2) is 9.78 Å². The molecule has 0 aliphatic rings. The summed E-state index contributed by atoms with van der Waals surface area (Å²) in [6, 6.07) is 3.57. The summed E-state index contributed by atoms with van der Waals surface area (Å²) in [5, 5.41) is 10.8. The molecule has 21 heavy (non-hydrogen) atoms. The Bertz CT molecular complexity index is 681. The van der Waals surface area contributed by atoms with Crippen molar-refractivity contribution < 1.29 is 23.1 Å². The zero-order chi connectivity index (χ0) is 15.8. The van der Waals surface area contributed by atoms with E-state index in [1.165, 1.54) is 0 Å². The normalized spacial score (nSPS) is 15.1. The Morgan fingerprint density at radius 1 is 1.38 bits per heavy atom. The maximum absolute atomic E-state index is 12.8. The van der Waals surface area contributed by atoms with Gasteiger partial charge < -0.3 is 9.51 Å². The third-order valence-electron chi connectivity index (χ3n) is 3.27. The van der Waals surface area contributed by atoms with E-state index < -0.39 is 17.7 Å². The molecule has 0 amide bonds. The van der Waals surface area contributed by atoms with E-state index in [9.17, 15) is 18.0 Å².